The lowest BCUT2D eigenvalue weighted by Crippen LogP contribution is -2.33. The summed E-state index contributed by atoms with van der Waals surface area (Å²) < 4.78 is 38.9. The van der Waals surface area contributed by atoms with Gasteiger partial charge in [0, 0.05) is 6.16 Å². The predicted octanol–water partition coefficient (Wildman–Crippen LogP) is -0.633. The van der Waals surface area contributed by atoms with Crippen LogP contribution in [0.3, 0.4) is 0 Å². The van der Waals surface area contributed by atoms with E-state index in [1.807, 2.05) is 0 Å². The van der Waals surface area contributed by atoms with E-state index in [4.69, 9.17) is 10.5 Å². The number of fused-ring (bicyclic) bond motifs is 1. The number of anilines is 1. The van der Waals surface area contributed by atoms with E-state index in [1.165, 1.54) is 24.1 Å². The van der Waals surface area contributed by atoms with Gasteiger partial charge in [0.2, 0.25) is 0 Å². The highest BCUT2D eigenvalue weighted by atomic mass is 31.3. The van der Waals surface area contributed by atoms with Gasteiger partial charge in [-0.3, -0.25) is 13.7 Å². The highest BCUT2D eigenvalue weighted by molar-refractivity contribution is 7.63. The fourth-order valence-corrected chi connectivity index (χ4v) is 4.84. The van der Waals surface area contributed by atoms with Crippen LogP contribution in [0.25, 0.3) is 11.2 Å². The molecular weight excluding hydrogens is 420 g/mol. The van der Waals surface area contributed by atoms with Crippen LogP contribution in [-0.4, -0.2) is 70.6 Å². The first kappa shape index (κ1) is 21.2. The minimum atomic E-state index is -4.90. The molecule has 0 saturated carbocycles. The number of aromatic nitrogens is 4. The number of phosphoric acid groups is 1. The second-order valence-corrected chi connectivity index (χ2v) is 9.68. The summed E-state index contributed by atoms with van der Waals surface area (Å²) in [6.45, 7) is 0.591. The first-order valence-corrected chi connectivity index (χ1v) is 11.3. The number of aliphatic hydroxyl groups is 2. The molecule has 1 aliphatic rings. The third-order valence-electron chi connectivity index (χ3n) is 4.03. The Kier molecular flexibility index (Phi) is 5.88. The van der Waals surface area contributed by atoms with E-state index >= 15 is 0 Å². The summed E-state index contributed by atoms with van der Waals surface area (Å²) in [6.07, 6.45) is -3.29. The van der Waals surface area contributed by atoms with Crippen molar-refractivity contribution in [3.63, 3.8) is 0 Å². The first-order chi connectivity index (χ1) is 13.0. The smallest absolute Gasteiger partial charge is 0.387 e. The van der Waals surface area contributed by atoms with Gasteiger partial charge in [0.1, 0.15) is 30.2 Å². The van der Waals surface area contributed by atoms with E-state index in [-0.39, 0.29) is 17.0 Å². The van der Waals surface area contributed by atoms with E-state index < -0.39 is 52.7 Å². The Morgan fingerprint density at radius 2 is 1.96 bits per heavy atom. The lowest BCUT2D eigenvalue weighted by Gasteiger charge is -2.19. The Labute approximate surface area is 158 Å². The normalized spacial score (nSPS) is 29.6. The second kappa shape index (κ2) is 7.75. The van der Waals surface area contributed by atoms with Crippen molar-refractivity contribution in [2.45, 2.75) is 31.5 Å². The largest absolute Gasteiger partial charge is 0.479 e. The van der Waals surface area contributed by atoms with Crippen molar-refractivity contribution in [2.24, 2.45) is 0 Å². The molecule has 1 aliphatic heterocycles. The first-order valence-electron chi connectivity index (χ1n) is 8.00. The lowest BCUT2D eigenvalue weighted by atomic mass is 10.1. The number of rotatable bonds is 7. The third-order valence-corrected chi connectivity index (χ3v) is 7.15. The molecule has 0 radical (unpaired) electrons. The van der Waals surface area contributed by atoms with Crippen molar-refractivity contribution in [2.75, 3.05) is 18.5 Å². The standard InChI is InChI=1S/C12H19N5O9P2/c1-2-27(20,21)26-28(22,23)24-3-6-8(18)9(19)12(25-6)17-5-16-7-10(13)14-4-15-11(7)17/h4-6,8-9,12,18-19H,2-3H2,1H3,(H,20,21)(H,22,23)(H2,13,14,15)/t6-,8-,9-,12-/m1/s1. The molecule has 16 heteroatoms. The maximum absolute atomic E-state index is 11.8. The molecule has 3 heterocycles. The fraction of sp³-hybridized carbons (Fsp3) is 0.583. The SMILES string of the molecule is CCP(=O)(O)OP(=O)(O)OC[C@H]1O[C@@H](n2cnc3c(N)ncnc32)[C@H](O)[C@@H]1O. The van der Waals surface area contributed by atoms with Crippen LogP contribution in [-0.2, 0) is 22.7 Å². The van der Waals surface area contributed by atoms with Gasteiger partial charge < -0.3 is 30.5 Å². The molecule has 1 saturated heterocycles. The van der Waals surface area contributed by atoms with E-state index in [9.17, 15) is 29.1 Å². The number of nitrogen functional groups attached to an aromatic ring is 1. The van der Waals surface area contributed by atoms with Crippen molar-refractivity contribution >= 4 is 32.4 Å². The Balaban J connectivity index is 1.73. The van der Waals surface area contributed by atoms with Crippen molar-refractivity contribution in [1.82, 2.24) is 19.5 Å². The summed E-state index contributed by atoms with van der Waals surface area (Å²) in [5.74, 6) is 0.111. The minimum Gasteiger partial charge on any atom is -0.387 e. The zero-order valence-electron chi connectivity index (χ0n) is 14.5. The fourth-order valence-electron chi connectivity index (χ4n) is 2.56. The average Bonchev–Trinajstić information content (AvgIpc) is 3.16. The zero-order valence-corrected chi connectivity index (χ0v) is 16.3. The van der Waals surface area contributed by atoms with Crippen LogP contribution in [0.2, 0.25) is 0 Å². The van der Waals surface area contributed by atoms with Crippen LogP contribution in [0.5, 0.6) is 0 Å². The van der Waals surface area contributed by atoms with E-state index in [2.05, 4.69) is 23.8 Å². The quantitative estimate of drug-likeness (QED) is 0.340. The molecule has 6 N–H and O–H groups in total. The van der Waals surface area contributed by atoms with E-state index in [0.29, 0.717) is 0 Å². The number of ether oxygens (including phenoxy) is 1. The summed E-state index contributed by atoms with van der Waals surface area (Å²) in [4.78, 5) is 30.7. The van der Waals surface area contributed by atoms with Crippen LogP contribution in [0, 0.1) is 0 Å². The molecule has 2 aromatic rings. The van der Waals surface area contributed by atoms with Gasteiger partial charge in [-0.25, -0.2) is 23.8 Å². The summed E-state index contributed by atoms with van der Waals surface area (Å²) in [7, 11) is -9.19. The number of nitrogens with zero attached hydrogens (tertiary/aromatic N) is 4. The molecule has 14 nitrogen and oxygen atoms in total. The zero-order chi connectivity index (χ0) is 20.7. The molecule has 0 spiro atoms. The van der Waals surface area contributed by atoms with Gasteiger partial charge in [0.25, 0.3) is 0 Å². The number of hydrogen-bond donors (Lipinski definition) is 5. The molecule has 0 bridgehead atoms. The van der Waals surface area contributed by atoms with Gasteiger partial charge in [-0.15, -0.1) is 0 Å². The molecular formula is C12H19N5O9P2. The molecule has 0 amide bonds. The molecule has 1 fully saturated rings. The number of imidazole rings is 1. The second-order valence-electron chi connectivity index (χ2n) is 5.93. The number of phosphoric ester groups is 1. The molecule has 3 rings (SSSR count). The Morgan fingerprint density at radius 3 is 2.64 bits per heavy atom. The number of nitrogens with two attached hydrogens (primary N) is 1. The Morgan fingerprint density at radius 1 is 1.25 bits per heavy atom. The molecule has 0 aromatic carbocycles. The summed E-state index contributed by atoms with van der Waals surface area (Å²) in [5.41, 5.74) is 6.20. The van der Waals surface area contributed by atoms with E-state index in [1.54, 1.807) is 0 Å². The van der Waals surface area contributed by atoms with Gasteiger partial charge in [-0.2, -0.15) is 0 Å². The Bertz CT molecular complexity index is 955. The minimum absolute atomic E-state index is 0.111. The van der Waals surface area contributed by atoms with Crippen LogP contribution in [0.4, 0.5) is 5.82 Å². The topological polar surface area (TPSA) is 212 Å². The van der Waals surface area contributed by atoms with Crippen molar-refractivity contribution in [1.29, 1.82) is 0 Å². The van der Waals surface area contributed by atoms with Gasteiger partial charge in [0.05, 0.1) is 12.9 Å². The molecule has 6 atom stereocenters. The lowest BCUT2D eigenvalue weighted by molar-refractivity contribution is -0.0501. The highest BCUT2D eigenvalue weighted by Gasteiger charge is 2.46. The van der Waals surface area contributed by atoms with Crippen LogP contribution >= 0.6 is 15.4 Å². The maximum Gasteiger partial charge on any atom is 0.479 e. The number of hydrogen-bond acceptors (Lipinski definition) is 11. The Hall–Kier alpha value is -1.47. The molecule has 2 aromatic heterocycles. The van der Waals surface area contributed by atoms with Gasteiger partial charge in [-0.1, -0.05) is 6.92 Å². The summed E-state index contributed by atoms with van der Waals surface area (Å²) in [5, 5.41) is 20.4. The molecule has 0 aliphatic carbocycles. The molecule has 2 unspecified atom stereocenters. The van der Waals surface area contributed by atoms with Crippen LogP contribution in [0.15, 0.2) is 12.7 Å². The van der Waals surface area contributed by atoms with Crippen LogP contribution < -0.4 is 5.73 Å². The predicted molar refractivity (Wildman–Crippen MR) is 92.9 cm³/mol. The molecule has 156 valence electrons. The van der Waals surface area contributed by atoms with Gasteiger partial charge in [0.15, 0.2) is 17.7 Å². The maximum atomic E-state index is 11.8. The van der Waals surface area contributed by atoms with Gasteiger partial charge >= 0.3 is 15.4 Å². The van der Waals surface area contributed by atoms with Gasteiger partial charge in [-0.05, 0) is 0 Å². The van der Waals surface area contributed by atoms with Crippen molar-refractivity contribution < 1.29 is 42.7 Å². The average molecular weight is 439 g/mol. The monoisotopic (exact) mass is 439 g/mol. The third kappa shape index (κ3) is 4.25. The van der Waals surface area contributed by atoms with Crippen molar-refractivity contribution in [3.8, 4) is 0 Å². The number of aliphatic hydroxyl groups excluding tert-OH is 2. The highest BCUT2D eigenvalue weighted by Crippen LogP contribution is 2.59. The van der Waals surface area contributed by atoms with Crippen molar-refractivity contribution in [3.05, 3.63) is 12.7 Å². The van der Waals surface area contributed by atoms with E-state index in [0.717, 1.165) is 0 Å². The van der Waals surface area contributed by atoms with Crippen LogP contribution in [0.1, 0.15) is 13.2 Å². The molecule has 28 heavy (non-hydrogen) atoms. The summed E-state index contributed by atoms with van der Waals surface area (Å²) in [6, 6.07) is 0. The summed E-state index contributed by atoms with van der Waals surface area (Å²) >= 11 is 0.